The van der Waals surface area contributed by atoms with Crippen LogP contribution in [0.4, 0.5) is 5.69 Å². The van der Waals surface area contributed by atoms with E-state index >= 15 is 0 Å². The highest BCUT2D eigenvalue weighted by Crippen LogP contribution is 2.46. The van der Waals surface area contributed by atoms with E-state index in [2.05, 4.69) is 43.0 Å². The third-order valence-corrected chi connectivity index (χ3v) is 6.64. The number of allylic oxidation sites excluding steroid dienone is 6. The van der Waals surface area contributed by atoms with Gasteiger partial charge in [-0.05, 0) is 43.7 Å². The molecule has 0 aliphatic carbocycles. The third kappa shape index (κ3) is 3.98. The van der Waals surface area contributed by atoms with Crippen LogP contribution in [-0.4, -0.2) is 28.7 Å². The van der Waals surface area contributed by atoms with Gasteiger partial charge in [0.25, 0.3) is 5.91 Å². The number of carbonyl (C=O) groups excluding carboxylic acids is 1. The van der Waals surface area contributed by atoms with Gasteiger partial charge in [0.2, 0.25) is 0 Å². The zero-order chi connectivity index (χ0) is 18.7. The van der Waals surface area contributed by atoms with Gasteiger partial charge < -0.3 is 4.90 Å². The van der Waals surface area contributed by atoms with Crippen LogP contribution in [0.15, 0.2) is 69.5 Å². The zero-order valence-electron chi connectivity index (χ0n) is 14.9. The molecule has 1 saturated heterocycles. The Bertz CT molecular complexity index is 868. The SMILES string of the molecule is CCN1C(=CC=CC=CC=C2SC(=S)N(C)C2=O)Sc2ccc(C)cc21. The van der Waals surface area contributed by atoms with E-state index in [1.165, 1.54) is 37.8 Å². The van der Waals surface area contributed by atoms with E-state index in [0.717, 1.165) is 6.54 Å². The van der Waals surface area contributed by atoms with Crippen LogP contribution in [0, 0.1) is 6.92 Å². The van der Waals surface area contributed by atoms with Crippen LogP contribution in [-0.2, 0) is 4.79 Å². The maximum Gasteiger partial charge on any atom is 0.265 e. The van der Waals surface area contributed by atoms with Crippen molar-refractivity contribution in [1.29, 1.82) is 0 Å². The summed E-state index contributed by atoms with van der Waals surface area (Å²) in [6.45, 7) is 5.23. The quantitative estimate of drug-likeness (QED) is 0.390. The lowest BCUT2D eigenvalue weighted by atomic mass is 10.2. The molecule has 0 unspecified atom stereocenters. The fourth-order valence-electron chi connectivity index (χ4n) is 2.63. The molecule has 1 aromatic carbocycles. The van der Waals surface area contributed by atoms with Crippen molar-refractivity contribution in [3.05, 3.63) is 70.2 Å². The number of fused-ring (bicyclic) bond motifs is 1. The number of likely N-dealkylation sites (N-methyl/N-ethyl adjacent to an activating group) is 1. The number of hydrogen-bond acceptors (Lipinski definition) is 5. The Hall–Kier alpha value is -1.76. The minimum absolute atomic E-state index is 0.0373. The van der Waals surface area contributed by atoms with E-state index in [4.69, 9.17) is 12.2 Å². The molecule has 0 N–H and O–H groups in total. The highest BCUT2D eigenvalue weighted by molar-refractivity contribution is 8.26. The summed E-state index contributed by atoms with van der Waals surface area (Å²) < 4.78 is 0.600. The van der Waals surface area contributed by atoms with Crippen molar-refractivity contribution in [2.45, 2.75) is 18.7 Å². The summed E-state index contributed by atoms with van der Waals surface area (Å²) in [6.07, 6.45) is 11.7. The Balaban J connectivity index is 1.65. The lowest BCUT2D eigenvalue weighted by Gasteiger charge is -2.17. The summed E-state index contributed by atoms with van der Waals surface area (Å²) >= 11 is 8.24. The minimum Gasteiger partial charge on any atom is -0.335 e. The van der Waals surface area contributed by atoms with Crippen molar-refractivity contribution in [2.24, 2.45) is 0 Å². The van der Waals surface area contributed by atoms with E-state index in [1.807, 2.05) is 30.4 Å². The Kier molecular flexibility index (Phi) is 6.06. The van der Waals surface area contributed by atoms with E-state index in [0.29, 0.717) is 9.23 Å². The summed E-state index contributed by atoms with van der Waals surface area (Å²) in [7, 11) is 1.70. The van der Waals surface area contributed by atoms with E-state index < -0.39 is 0 Å². The average Bonchev–Trinajstić information content (AvgIpc) is 3.09. The fraction of sp³-hybridized carbons (Fsp3) is 0.200. The predicted octanol–water partition coefficient (Wildman–Crippen LogP) is 5.25. The van der Waals surface area contributed by atoms with Crippen molar-refractivity contribution < 1.29 is 4.79 Å². The van der Waals surface area contributed by atoms with Crippen LogP contribution in [0.1, 0.15) is 12.5 Å². The lowest BCUT2D eigenvalue weighted by molar-refractivity contribution is -0.121. The molecule has 2 heterocycles. The molecule has 1 fully saturated rings. The molecule has 134 valence electrons. The molecule has 0 spiro atoms. The molecule has 0 atom stereocenters. The Morgan fingerprint density at radius 3 is 2.50 bits per heavy atom. The number of anilines is 1. The second kappa shape index (κ2) is 8.29. The van der Waals surface area contributed by atoms with Crippen molar-refractivity contribution in [2.75, 3.05) is 18.5 Å². The Labute approximate surface area is 168 Å². The number of amides is 1. The number of rotatable bonds is 4. The summed E-state index contributed by atoms with van der Waals surface area (Å²) in [5.41, 5.74) is 2.56. The molecular formula is C20H20N2OS3. The molecule has 3 rings (SSSR count). The van der Waals surface area contributed by atoms with E-state index in [-0.39, 0.29) is 5.91 Å². The molecule has 2 aliphatic heterocycles. The van der Waals surface area contributed by atoms with E-state index in [9.17, 15) is 4.79 Å². The monoisotopic (exact) mass is 400 g/mol. The normalized spacial score (nSPS) is 20.6. The lowest BCUT2D eigenvalue weighted by Crippen LogP contribution is -2.22. The topological polar surface area (TPSA) is 23.6 Å². The first kappa shape index (κ1) is 19.0. The number of hydrogen-bond donors (Lipinski definition) is 0. The molecule has 0 aromatic heterocycles. The molecule has 0 saturated carbocycles. The van der Waals surface area contributed by atoms with Crippen LogP contribution >= 0.6 is 35.7 Å². The van der Waals surface area contributed by atoms with Crippen LogP contribution in [0.3, 0.4) is 0 Å². The highest BCUT2D eigenvalue weighted by Gasteiger charge is 2.28. The number of thiocarbonyl (C=S) groups is 1. The van der Waals surface area contributed by atoms with Gasteiger partial charge in [-0.2, -0.15) is 0 Å². The largest absolute Gasteiger partial charge is 0.335 e. The van der Waals surface area contributed by atoms with Gasteiger partial charge in [0.1, 0.15) is 4.32 Å². The van der Waals surface area contributed by atoms with Crippen molar-refractivity contribution in [3.8, 4) is 0 Å². The molecule has 3 nitrogen and oxygen atoms in total. The molecule has 2 aliphatic rings. The number of benzene rings is 1. The van der Waals surface area contributed by atoms with Crippen molar-refractivity contribution in [3.63, 3.8) is 0 Å². The summed E-state index contributed by atoms with van der Waals surface area (Å²) in [4.78, 5) is 17.7. The summed E-state index contributed by atoms with van der Waals surface area (Å²) in [5.74, 6) is -0.0373. The Morgan fingerprint density at radius 2 is 1.85 bits per heavy atom. The standard InChI is InChI=1S/C20H20N2OS3/c1-4-22-15-13-14(2)11-12-16(15)25-18(22)10-8-6-5-7-9-17-19(23)21(3)20(24)26-17/h5-13H,4H2,1-3H3. The fourth-order valence-corrected chi connectivity index (χ4v) is 4.88. The summed E-state index contributed by atoms with van der Waals surface area (Å²) in [5, 5.41) is 1.23. The molecule has 26 heavy (non-hydrogen) atoms. The smallest absolute Gasteiger partial charge is 0.265 e. The van der Waals surface area contributed by atoms with Crippen LogP contribution in [0.5, 0.6) is 0 Å². The van der Waals surface area contributed by atoms with Crippen molar-refractivity contribution in [1.82, 2.24) is 4.90 Å². The van der Waals surface area contributed by atoms with Crippen LogP contribution in [0.25, 0.3) is 0 Å². The highest BCUT2D eigenvalue weighted by atomic mass is 32.2. The van der Waals surface area contributed by atoms with Gasteiger partial charge in [-0.15, -0.1) is 0 Å². The van der Waals surface area contributed by atoms with Gasteiger partial charge in [-0.1, -0.05) is 66.1 Å². The first-order valence-corrected chi connectivity index (χ1v) is 10.4. The molecule has 0 radical (unpaired) electrons. The predicted molar refractivity (Wildman–Crippen MR) is 117 cm³/mol. The van der Waals surface area contributed by atoms with Gasteiger partial charge in [0.15, 0.2) is 0 Å². The molecule has 6 heteroatoms. The van der Waals surface area contributed by atoms with Gasteiger partial charge in [-0.25, -0.2) is 0 Å². The zero-order valence-corrected chi connectivity index (χ0v) is 17.4. The second-order valence-corrected chi connectivity index (χ2v) is 8.59. The number of carbonyl (C=O) groups is 1. The molecule has 1 aromatic rings. The first-order chi connectivity index (χ1) is 12.5. The van der Waals surface area contributed by atoms with E-state index in [1.54, 1.807) is 18.8 Å². The third-order valence-electron chi connectivity index (χ3n) is 4.01. The Morgan fingerprint density at radius 1 is 1.12 bits per heavy atom. The van der Waals surface area contributed by atoms with Gasteiger partial charge in [0.05, 0.1) is 15.6 Å². The molecular weight excluding hydrogens is 380 g/mol. The number of nitrogens with zero attached hydrogens (tertiary/aromatic N) is 2. The number of aryl methyl sites for hydroxylation is 1. The maximum absolute atomic E-state index is 11.9. The molecule has 1 amide bonds. The van der Waals surface area contributed by atoms with Gasteiger partial charge in [-0.3, -0.25) is 9.69 Å². The number of thioether (sulfide) groups is 2. The van der Waals surface area contributed by atoms with Gasteiger partial charge in [0, 0.05) is 18.5 Å². The average molecular weight is 401 g/mol. The summed E-state index contributed by atoms with van der Waals surface area (Å²) in [6, 6.07) is 6.58. The van der Waals surface area contributed by atoms with Crippen molar-refractivity contribution >= 4 is 51.7 Å². The van der Waals surface area contributed by atoms with Crippen LogP contribution < -0.4 is 4.90 Å². The maximum atomic E-state index is 11.9. The second-order valence-electron chi connectivity index (χ2n) is 5.86. The first-order valence-electron chi connectivity index (χ1n) is 8.32. The minimum atomic E-state index is -0.0373. The van der Waals surface area contributed by atoms with Gasteiger partial charge >= 0.3 is 0 Å². The molecule has 0 bridgehead atoms. The van der Waals surface area contributed by atoms with Crippen LogP contribution in [0.2, 0.25) is 0 Å².